The number of sulfonamides is 1. The van der Waals surface area contributed by atoms with E-state index in [4.69, 9.17) is 4.74 Å². The summed E-state index contributed by atoms with van der Waals surface area (Å²) in [5.74, 6) is 1.13. The molecule has 21 heavy (non-hydrogen) atoms. The van der Waals surface area contributed by atoms with Crippen molar-refractivity contribution in [2.24, 2.45) is 0 Å². The Morgan fingerprint density at radius 1 is 1.52 bits per heavy atom. The fraction of sp³-hybridized carbons (Fsp3) is 0.643. The second kappa shape index (κ2) is 5.87. The van der Waals surface area contributed by atoms with E-state index in [-0.39, 0.29) is 16.6 Å². The average Bonchev–Trinajstić information content (AvgIpc) is 2.89. The molecule has 2 aliphatic heterocycles. The lowest BCUT2D eigenvalue weighted by molar-refractivity contribution is 0.0396. The summed E-state index contributed by atoms with van der Waals surface area (Å²) in [4.78, 5) is 4.07. The molecule has 0 amide bonds. The summed E-state index contributed by atoms with van der Waals surface area (Å²) in [7, 11) is -3.03. The van der Waals surface area contributed by atoms with E-state index >= 15 is 0 Å². The first-order valence-corrected chi connectivity index (χ1v) is 9.75. The number of hydrogen-bond donors (Lipinski definition) is 0. The van der Waals surface area contributed by atoms with Crippen LogP contribution >= 0.6 is 11.8 Å². The summed E-state index contributed by atoms with van der Waals surface area (Å²) >= 11 is 1.86. The fourth-order valence-electron chi connectivity index (χ4n) is 2.80. The minimum atomic E-state index is -3.03. The van der Waals surface area contributed by atoms with E-state index in [9.17, 15) is 8.42 Å². The average molecular weight is 328 g/mol. The molecule has 0 bridgehead atoms. The molecule has 0 N–H and O–H groups in total. The van der Waals surface area contributed by atoms with Gasteiger partial charge in [0.25, 0.3) is 0 Å². The first-order chi connectivity index (χ1) is 10.0. The number of aromatic nitrogens is 1. The van der Waals surface area contributed by atoms with Gasteiger partial charge in [0.15, 0.2) is 0 Å². The Hall–Kier alpha value is -0.630. The molecule has 1 aromatic heterocycles. The van der Waals surface area contributed by atoms with Gasteiger partial charge in [0.05, 0.1) is 18.5 Å². The van der Waals surface area contributed by atoms with Crippen molar-refractivity contribution in [1.29, 1.82) is 0 Å². The summed E-state index contributed by atoms with van der Waals surface area (Å²) in [6.45, 7) is 3.55. The Kier molecular flexibility index (Phi) is 4.27. The molecule has 3 rings (SSSR count). The zero-order chi connectivity index (χ0) is 14.9. The van der Waals surface area contributed by atoms with Crippen molar-refractivity contribution in [2.45, 2.75) is 30.8 Å². The standard InChI is InChI=1S/C14H20N2O3S2/c1-2-21(17,18)16-10-14(11-16)6-13(9-20-14)19-8-12-4-3-5-15-7-12/h3-5,7,13H,2,6,8-11H2,1H3/t13-/m1/s1. The molecule has 1 spiro atoms. The molecule has 1 aromatic rings. The predicted octanol–water partition coefficient (Wildman–Crippen LogP) is 1.51. The highest BCUT2D eigenvalue weighted by Crippen LogP contribution is 2.47. The van der Waals surface area contributed by atoms with Crippen molar-refractivity contribution in [3.8, 4) is 0 Å². The van der Waals surface area contributed by atoms with Gasteiger partial charge in [0, 0.05) is 36.0 Å². The van der Waals surface area contributed by atoms with E-state index in [0.29, 0.717) is 19.7 Å². The molecule has 2 aliphatic rings. The SMILES string of the molecule is CCS(=O)(=O)N1CC2(C[C@@H](OCc3cccnc3)CS2)C1. The van der Waals surface area contributed by atoms with E-state index < -0.39 is 10.0 Å². The summed E-state index contributed by atoms with van der Waals surface area (Å²) < 4.78 is 31.2. The number of pyridine rings is 1. The van der Waals surface area contributed by atoms with Crippen molar-refractivity contribution in [2.75, 3.05) is 24.6 Å². The summed E-state index contributed by atoms with van der Waals surface area (Å²) in [5, 5.41) is 0. The molecule has 2 fully saturated rings. The molecular formula is C14H20N2O3S2. The highest BCUT2D eigenvalue weighted by molar-refractivity contribution is 8.01. The Bertz CT molecular complexity index is 585. The Morgan fingerprint density at radius 3 is 3.00 bits per heavy atom. The third-order valence-electron chi connectivity index (χ3n) is 4.07. The third kappa shape index (κ3) is 3.26. The molecule has 0 radical (unpaired) electrons. The van der Waals surface area contributed by atoms with Gasteiger partial charge >= 0.3 is 0 Å². The number of nitrogens with zero attached hydrogens (tertiary/aromatic N) is 2. The second-order valence-corrected chi connectivity index (χ2v) is 9.41. The maximum atomic E-state index is 11.8. The largest absolute Gasteiger partial charge is 0.373 e. The van der Waals surface area contributed by atoms with Crippen LogP contribution in [0, 0.1) is 0 Å². The van der Waals surface area contributed by atoms with Crippen LogP contribution in [0.25, 0.3) is 0 Å². The molecule has 3 heterocycles. The maximum Gasteiger partial charge on any atom is 0.213 e. The Balaban J connectivity index is 1.49. The number of thioether (sulfide) groups is 1. The predicted molar refractivity (Wildman–Crippen MR) is 83.7 cm³/mol. The van der Waals surface area contributed by atoms with Crippen LogP contribution in [-0.4, -0.2) is 53.2 Å². The van der Waals surface area contributed by atoms with Gasteiger partial charge < -0.3 is 4.74 Å². The molecule has 0 saturated carbocycles. The van der Waals surface area contributed by atoms with E-state index in [0.717, 1.165) is 17.7 Å². The molecule has 116 valence electrons. The fourth-order valence-corrected chi connectivity index (χ4v) is 5.77. The monoisotopic (exact) mass is 328 g/mol. The van der Waals surface area contributed by atoms with Crippen molar-refractivity contribution in [1.82, 2.24) is 9.29 Å². The van der Waals surface area contributed by atoms with Crippen LogP contribution in [0.3, 0.4) is 0 Å². The van der Waals surface area contributed by atoms with Gasteiger partial charge in [-0.3, -0.25) is 4.98 Å². The van der Waals surface area contributed by atoms with E-state index in [1.54, 1.807) is 17.4 Å². The van der Waals surface area contributed by atoms with Crippen molar-refractivity contribution < 1.29 is 13.2 Å². The van der Waals surface area contributed by atoms with Crippen molar-refractivity contribution in [3.05, 3.63) is 30.1 Å². The highest BCUT2D eigenvalue weighted by Gasteiger charge is 2.52. The topological polar surface area (TPSA) is 59.5 Å². The molecule has 5 nitrogen and oxygen atoms in total. The second-order valence-electron chi connectivity index (χ2n) is 5.66. The Morgan fingerprint density at radius 2 is 2.33 bits per heavy atom. The van der Waals surface area contributed by atoms with Crippen LogP contribution in [0.15, 0.2) is 24.5 Å². The summed E-state index contributed by atoms with van der Waals surface area (Å²) in [5.41, 5.74) is 1.08. The van der Waals surface area contributed by atoms with Crippen LogP contribution in [0.4, 0.5) is 0 Å². The van der Waals surface area contributed by atoms with Crippen LogP contribution in [-0.2, 0) is 21.4 Å². The maximum absolute atomic E-state index is 11.8. The molecule has 1 atom stereocenters. The summed E-state index contributed by atoms with van der Waals surface area (Å²) in [6, 6.07) is 3.91. The number of hydrogen-bond acceptors (Lipinski definition) is 5. The van der Waals surface area contributed by atoms with Crippen molar-refractivity contribution >= 4 is 21.8 Å². The lowest BCUT2D eigenvalue weighted by atomic mass is 9.95. The van der Waals surface area contributed by atoms with Crippen LogP contribution < -0.4 is 0 Å². The lowest BCUT2D eigenvalue weighted by Gasteiger charge is -2.46. The van der Waals surface area contributed by atoms with Gasteiger partial charge in [0.1, 0.15) is 0 Å². The quantitative estimate of drug-likeness (QED) is 0.820. The normalized spacial score (nSPS) is 25.1. The summed E-state index contributed by atoms with van der Waals surface area (Å²) in [6.07, 6.45) is 4.72. The molecule has 2 saturated heterocycles. The molecule has 0 aliphatic carbocycles. The van der Waals surface area contributed by atoms with Crippen LogP contribution in [0.1, 0.15) is 18.9 Å². The van der Waals surface area contributed by atoms with Gasteiger partial charge in [0.2, 0.25) is 10.0 Å². The van der Waals surface area contributed by atoms with E-state index in [1.165, 1.54) is 0 Å². The first kappa shape index (κ1) is 15.3. The minimum Gasteiger partial charge on any atom is -0.373 e. The zero-order valence-electron chi connectivity index (χ0n) is 12.1. The van der Waals surface area contributed by atoms with Gasteiger partial charge in [-0.15, -0.1) is 11.8 Å². The smallest absolute Gasteiger partial charge is 0.213 e. The van der Waals surface area contributed by atoms with Gasteiger partial charge in [-0.1, -0.05) is 6.07 Å². The third-order valence-corrected chi connectivity index (χ3v) is 7.42. The number of rotatable bonds is 5. The zero-order valence-corrected chi connectivity index (χ0v) is 13.7. The minimum absolute atomic E-state index is 0.0852. The Labute approximate surface area is 130 Å². The molecular weight excluding hydrogens is 308 g/mol. The molecule has 0 aromatic carbocycles. The molecule has 0 unspecified atom stereocenters. The van der Waals surface area contributed by atoms with Gasteiger partial charge in [-0.2, -0.15) is 4.31 Å². The van der Waals surface area contributed by atoms with Crippen LogP contribution in [0.5, 0.6) is 0 Å². The highest BCUT2D eigenvalue weighted by atomic mass is 32.2. The molecule has 7 heteroatoms. The van der Waals surface area contributed by atoms with Gasteiger partial charge in [-0.25, -0.2) is 8.42 Å². The first-order valence-electron chi connectivity index (χ1n) is 7.15. The van der Waals surface area contributed by atoms with Crippen molar-refractivity contribution in [3.63, 3.8) is 0 Å². The van der Waals surface area contributed by atoms with Crippen LogP contribution in [0.2, 0.25) is 0 Å². The van der Waals surface area contributed by atoms with E-state index in [1.807, 2.05) is 30.1 Å². The lowest BCUT2D eigenvalue weighted by Crippen LogP contribution is -2.60. The van der Waals surface area contributed by atoms with Gasteiger partial charge in [-0.05, 0) is 25.0 Å². The van der Waals surface area contributed by atoms with E-state index in [2.05, 4.69) is 4.98 Å². The number of ether oxygens (including phenoxy) is 1.